The molecule has 2 atom stereocenters. The Balaban J connectivity index is 2.42. The van der Waals surface area contributed by atoms with Crippen molar-refractivity contribution in [1.82, 2.24) is 10.2 Å². The standard InChI is InChI=1S/C9H20N2O2S2/c1-11(4-5-15(3,12)13)8-6-10-7-9(8)14-2/h8-10H,4-7H2,1-3H3. The molecular formula is C9H20N2O2S2. The first-order valence-electron chi connectivity index (χ1n) is 5.05. The molecule has 0 bridgehead atoms. The third kappa shape index (κ3) is 4.30. The molecule has 0 aromatic heterocycles. The van der Waals surface area contributed by atoms with Crippen LogP contribution in [0.15, 0.2) is 0 Å². The van der Waals surface area contributed by atoms with Gasteiger partial charge in [-0.25, -0.2) is 8.42 Å². The van der Waals surface area contributed by atoms with Gasteiger partial charge in [0.05, 0.1) is 5.75 Å². The van der Waals surface area contributed by atoms with Crippen molar-refractivity contribution in [2.75, 3.05) is 44.9 Å². The summed E-state index contributed by atoms with van der Waals surface area (Å²) in [4.78, 5) is 2.15. The van der Waals surface area contributed by atoms with E-state index < -0.39 is 9.84 Å². The van der Waals surface area contributed by atoms with E-state index in [1.165, 1.54) is 6.26 Å². The third-order valence-electron chi connectivity index (χ3n) is 2.81. The molecule has 0 saturated carbocycles. The van der Waals surface area contributed by atoms with Gasteiger partial charge in [0.25, 0.3) is 0 Å². The Morgan fingerprint density at radius 3 is 2.67 bits per heavy atom. The van der Waals surface area contributed by atoms with Gasteiger partial charge in [-0.05, 0) is 13.3 Å². The minimum Gasteiger partial charge on any atom is -0.314 e. The Hall–Kier alpha value is 0.220. The second-order valence-electron chi connectivity index (χ2n) is 4.11. The number of nitrogens with one attached hydrogen (secondary N) is 1. The fourth-order valence-electron chi connectivity index (χ4n) is 1.80. The molecule has 0 amide bonds. The molecule has 1 aliphatic rings. The minimum atomic E-state index is -2.84. The number of sulfone groups is 1. The Labute approximate surface area is 96.7 Å². The maximum atomic E-state index is 11.1. The van der Waals surface area contributed by atoms with E-state index in [2.05, 4.69) is 16.5 Å². The quantitative estimate of drug-likeness (QED) is 0.726. The van der Waals surface area contributed by atoms with Gasteiger partial charge >= 0.3 is 0 Å². The second kappa shape index (κ2) is 5.52. The predicted molar refractivity (Wildman–Crippen MR) is 66.3 cm³/mol. The first kappa shape index (κ1) is 13.3. The zero-order chi connectivity index (χ0) is 11.5. The summed E-state index contributed by atoms with van der Waals surface area (Å²) in [6, 6.07) is 0.460. The number of rotatable bonds is 5. The van der Waals surface area contributed by atoms with Crippen LogP contribution in [0, 0.1) is 0 Å². The highest BCUT2D eigenvalue weighted by atomic mass is 32.2. The maximum Gasteiger partial charge on any atom is 0.148 e. The van der Waals surface area contributed by atoms with Gasteiger partial charge < -0.3 is 5.32 Å². The molecule has 15 heavy (non-hydrogen) atoms. The zero-order valence-electron chi connectivity index (χ0n) is 9.56. The summed E-state index contributed by atoms with van der Waals surface area (Å²) >= 11 is 1.85. The SMILES string of the molecule is CSC1CNCC1N(C)CCS(C)(=O)=O. The van der Waals surface area contributed by atoms with Crippen molar-refractivity contribution in [3.63, 3.8) is 0 Å². The topological polar surface area (TPSA) is 49.4 Å². The van der Waals surface area contributed by atoms with Crippen molar-refractivity contribution in [3.8, 4) is 0 Å². The first-order chi connectivity index (χ1) is 6.94. The van der Waals surface area contributed by atoms with E-state index in [4.69, 9.17) is 0 Å². The molecule has 0 spiro atoms. The molecule has 1 N–H and O–H groups in total. The van der Waals surface area contributed by atoms with Crippen molar-refractivity contribution in [2.24, 2.45) is 0 Å². The molecule has 0 radical (unpaired) electrons. The van der Waals surface area contributed by atoms with E-state index in [1.807, 2.05) is 18.8 Å². The molecule has 1 saturated heterocycles. The monoisotopic (exact) mass is 252 g/mol. The van der Waals surface area contributed by atoms with E-state index in [1.54, 1.807) is 0 Å². The van der Waals surface area contributed by atoms with Gasteiger partial charge in [0.15, 0.2) is 0 Å². The van der Waals surface area contributed by atoms with Crippen LogP contribution in [-0.4, -0.2) is 69.6 Å². The van der Waals surface area contributed by atoms with E-state index in [-0.39, 0.29) is 5.75 Å². The van der Waals surface area contributed by atoms with Crippen LogP contribution >= 0.6 is 11.8 Å². The lowest BCUT2D eigenvalue weighted by atomic mass is 10.2. The zero-order valence-corrected chi connectivity index (χ0v) is 11.2. The second-order valence-corrected chi connectivity index (χ2v) is 7.45. The van der Waals surface area contributed by atoms with Crippen molar-refractivity contribution in [3.05, 3.63) is 0 Å². The molecule has 1 fully saturated rings. The van der Waals surface area contributed by atoms with E-state index in [0.29, 0.717) is 17.8 Å². The normalized spacial score (nSPS) is 27.5. The van der Waals surface area contributed by atoms with Gasteiger partial charge in [-0.15, -0.1) is 0 Å². The van der Waals surface area contributed by atoms with Crippen LogP contribution < -0.4 is 5.32 Å². The summed E-state index contributed by atoms with van der Waals surface area (Å²) < 4.78 is 22.1. The number of hydrogen-bond donors (Lipinski definition) is 1. The Bertz CT molecular complexity index is 292. The number of nitrogens with zero attached hydrogens (tertiary/aromatic N) is 1. The molecular weight excluding hydrogens is 232 g/mol. The molecule has 6 heteroatoms. The van der Waals surface area contributed by atoms with E-state index in [9.17, 15) is 8.42 Å². The fraction of sp³-hybridized carbons (Fsp3) is 1.00. The van der Waals surface area contributed by atoms with Gasteiger partial charge in [-0.2, -0.15) is 11.8 Å². The Morgan fingerprint density at radius 2 is 2.13 bits per heavy atom. The molecule has 1 aliphatic heterocycles. The lowest BCUT2D eigenvalue weighted by Gasteiger charge is -2.27. The Morgan fingerprint density at radius 1 is 1.47 bits per heavy atom. The van der Waals surface area contributed by atoms with Gasteiger partial charge in [0, 0.05) is 37.2 Å². The van der Waals surface area contributed by atoms with Gasteiger partial charge in [0.1, 0.15) is 9.84 Å². The van der Waals surface area contributed by atoms with Crippen LogP contribution in [0.5, 0.6) is 0 Å². The lowest BCUT2D eigenvalue weighted by Crippen LogP contribution is -2.41. The van der Waals surface area contributed by atoms with E-state index in [0.717, 1.165) is 13.1 Å². The van der Waals surface area contributed by atoms with Crippen LogP contribution in [0.2, 0.25) is 0 Å². The minimum absolute atomic E-state index is 0.251. The predicted octanol–water partition coefficient (Wildman–Crippen LogP) is -0.334. The highest BCUT2D eigenvalue weighted by molar-refractivity contribution is 7.99. The number of thioether (sulfide) groups is 1. The summed E-state index contributed by atoms with van der Waals surface area (Å²) in [7, 11) is -0.836. The fourth-order valence-corrected chi connectivity index (χ4v) is 3.32. The van der Waals surface area contributed by atoms with E-state index >= 15 is 0 Å². The summed E-state index contributed by atoms with van der Waals surface area (Å²) in [5.74, 6) is 0.251. The molecule has 4 nitrogen and oxygen atoms in total. The smallest absolute Gasteiger partial charge is 0.148 e. The molecule has 90 valence electrons. The highest BCUT2D eigenvalue weighted by Crippen LogP contribution is 2.18. The lowest BCUT2D eigenvalue weighted by molar-refractivity contribution is 0.276. The van der Waals surface area contributed by atoms with Crippen molar-refractivity contribution < 1.29 is 8.42 Å². The van der Waals surface area contributed by atoms with Crippen LogP contribution in [0.25, 0.3) is 0 Å². The summed E-state index contributed by atoms with van der Waals surface area (Å²) in [5, 5.41) is 3.92. The molecule has 2 unspecified atom stereocenters. The maximum absolute atomic E-state index is 11.1. The molecule has 1 rings (SSSR count). The average molecular weight is 252 g/mol. The van der Waals surface area contributed by atoms with Crippen molar-refractivity contribution >= 4 is 21.6 Å². The molecule has 0 aromatic rings. The van der Waals surface area contributed by atoms with Gasteiger partial charge in [-0.3, -0.25) is 4.90 Å². The van der Waals surface area contributed by atoms with Gasteiger partial charge in [-0.1, -0.05) is 0 Å². The van der Waals surface area contributed by atoms with Crippen LogP contribution in [-0.2, 0) is 9.84 Å². The third-order valence-corrected chi connectivity index (χ3v) is 4.82. The van der Waals surface area contributed by atoms with Gasteiger partial charge in [0.2, 0.25) is 0 Å². The van der Waals surface area contributed by atoms with Crippen LogP contribution in [0.3, 0.4) is 0 Å². The Kier molecular flexibility index (Phi) is 4.89. The summed E-state index contributed by atoms with van der Waals surface area (Å²) in [6.45, 7) is 2.61. The molecule has 1 heterocycles. The molecule has 0 aliphatic carbocycles. The van der Waals surface area contributed by atoms with Crippen LogP contribution in [0.1, 0.15) is 0 Å². The number of hydrogen-bond acceptors (Lipinski definition) is 5. The summed E-state index contributed by atoms with van der Waals surface area (Å²) in [5.41, 5.74) is 0. The average Bonchev–Trinajstić information content (AvgIpc) is 2.60. The summed E-state index contributed by atoms with van der Waals surface area (Å²) in [6.07, 6.45) is 3.40. The molecule has 0 aromatic carbocycles. The van der Waals surface area contributed by atoms with Crippen molar-refractivity contribution in [2.45, 2.75) is 11.3 Å². The largest absolute Gasteiger partial charge is 0.314 e. The first-order valence-corrected chi connectivity index (χ1v) is 8.40. The van der Waals surface area contributed by atoms with Crippen LogP contribution in [0.4, 0.5) is 0 Å². The van der Waals surface area contributed by atoms with Crippen molar-refractivity contribution in [1.29, 1.82) is 0 Å². The highest BCUT2D eigenvalue weighted by Gasteiger charge is 2.29. The number of likely N-dealkylation sites (N-methyl/N-ethyl adjacent to an activating group) is 1.